The van der Waals surface area contributed by atoms with Crippen molar-refractivity contribution in [2.45, 2.75) is 46.3 Å². The summed E-state index contributed by atoms with van der Waals surface area (Å²) in [5, 5.41) is 3.54. The molecule has 0 aliphatic carbocycles. The van der Waals surface area contributed by atoms with E-state index in [-0.39, 0.29) is 5.54 Å². The molecule has 0 heterocycles. The van der Waals surface area contributed by atoms with Crippen molar-refractivity contribution in [2.75, 3.05) is 13.2 Å². The molecule has 102 valence electrons. The molecule has 18 heavy (non-hydrogen) atoms. The lowest BCUT2D eigenvalue weighted by Gasteiger charge is -2.24. The van der Waals surface area contributed by atoms with Crippen LogP contribution in [0.4, 0.5) is 0 Å². The zero-order chi connectivity index (χ0) is 13.4. The van der Waals surface area contributed by atoms with Gasteiger partial charge in [-0.3, -0.25) is 0 Å². The predicted octanol–water partition coefficient (Wildman–Crippen LogP) is 3.62. The summed E-state index contributed by atoms with van der Waals surface area (Å²) in [5.41, 5.74) is 1.43. The Morgan fingerprint density at radius 1 is 1.17 bits per heavy atom. The summed E-state index contributed by atoms with van der Waals surface area (Å²) in [7, 11) is 0. The molecule has 1 aromatic carbocycles. The summed E-state index contributed by atoms with van der Waals surface area (Å²) in [6.07, 6.45) is 1.15. The molecular formula is C16H27NO. The maximum absolute atomic E-state index is 5.80. The molecule has 1 aromatic rings. The zero-order valence-electron chi connectivity index (χ0n) is 12.2. The Kier molecular flexibility index (Phi) is 6.37. The van der Waals surface area contributed by atoms with Crippen LogP contribution in [0.2, 0.25) is 0 Å². The molecule has 0 saturated heterocycles. The van der Waals surface area contributed by atoms with Gasteiger partial charge in [0, 0.05) is 12.1 Å². The molecule has 0 aliphatic rings. The van der Waals surface area contributed by atoms with Crippen LogP contribution in [0.1, 0.15) is 39.7 Å². The molecular weight excluding hydrogens is 222 g/mol. The fraction of sp³-hybridized carbons (Fsp3) is 0.625. The third-order valence-electron chi connectivity index (χ3n) is 2.96. The van der Waals surface area contributed by atoms with Crippen molar-refractivity contribution in [3.05, 3.63) is 35.9 Å². The van der Waals surface area contributed by atoms with E-state index in [0.29, 0.717) is 12.5 Å². The number of benzene rings is 1. The van der Waals surface area contributed by atoms with Crippen molar-refractivity contribution in [3.63, 3.8) is 0 Å². The molecule has 0 aromatic heterocycles. The second kappa shape index (κ2) is 7.55. The van der Waals surface area contributed by atoms with Crippen LogP contribution in [0, 0.1) is 5.92 Å². The van der Waals surface area contributed by atoms with Gasteiger partial charge in [-0.05, 0) is 38.7 Å². The van der Waals surface area contributed by atoms with Gasteiger partial charge in [0.2, 0.25) is 0 Å². The number of rotatable bonds is 7. The summed E-state index contributed by atoms with van der Waals surface area (Å²) in [4.78, 5) is 0. The molecule has 1 N–H and O–H groups in total. The number of nitrogens with one attached hydrogen (secondary N) is 1. The third kappa shape index (κ3) is 6.77. The smallest absolute Gasteiger partial charge is 0.0717 e. The van der Waals surface area contributed by atoms with E-state index in [1.807, 2.05) is 6.07 Å². The molecule has 0 radical (unpaired) electrons. The second-order valence-corrected chi connectivity index (χ2v) is 5.91. The molecule has 1 rings (SSSR count). The fourth-order valence-corrected chi connectivity index (χ4v) is 1.69. The van der Waals surface area contributed by atoms with Crippen molar-refractivity contribution in [1.82, 2.24) is 5.32 Å². The summed E-state index contributed by atoms with van der Waals surface area (Å²) in [6.45, 7) is 11.4. The van der Waals surface area contributed by atoms with E-state index in [1.54, 1.807) is 0 Å². The molecule has 0 fully saturated rings. The van der Waals surface area contributed by atoms with Crippen molar-refractivity contribution < 1.29 is 4.74 Å². The van der Waals surface area contributed by atoms with Crippen molar-refractivity contribution in [2.24, 2.45) is 5.92 Å². The van der Waals surface area contributed by atoms with Crippen LogP contribution in [0.5, 0.6) is 0 Å². The quantitative estimate of drug-likeness (QED) is 0.797. The Labute approximate surface area is 112 Å². The Hall–Kier alpha value is -0.860. The van der Waals surface area contributed by atoms with Gasteiger partial charge in [-0.15, -0.1) is 0 Å². The van der Waals surface area contributed by atoms with Crippen LogP contribution in [0.25, 0.3) is 0 Å². The topological polar surface area (TPSA) is 21.3 Å². The molecule has 2 heteroatoms. The van der Waals surface area contributed by atoms with Gasteiger partial charge in [0.1, 0.15) is 0 Å². The van der Waals surface area contributed by atoms with Crippen LogP contribution < -0.4 is 5.32 Å². The van der Waals surface area contributed by atoms with Crippen LogP contribution in [-0.4, -0.2) is 18.7 Å². The second-order valence-electron chi connectivity index (χ2n) is 5.91. The highest BCUT2D eigenvalue weighted by Crippen LogP contribution is 2.08. The Morgan fingerprint density at radius 3 is 2.39 bits per heavy atom. The first kappa shape index (κ1) is 15.2. The van der Waals surface area contributed by atoms with Gasteiger partial charge < -0.3 is 10.1 Å². The average molecular weight is 249 g/mol. The standard InChI is InChI=1S/C16H27NO/c1-5-14(11-17-16(2,3)4)12-18-13-15-9-7-6-8-10-15/h6-10,14,17H,5,11-13H2,1-4H3. The minimum absolute atomic E-state index is 0.187. The van der Waals surface area contributed by atoms with Crippen LogP contribution in [-0.2, 0) is 11.3 Å². The number of hydrogen-bond donors (Lipinski definition) is 1. The van der Waals surface area contributed by atoms with Gasteiger partial charge in [0.05, 0.1) is 13.2 Å². The summed E-state index contributed by atoms with van der Waals surface area (Å²) in [5.74, 6) is 0.591. The summed E-state index contributed by atoms with van der Waals surface area (Å²) in [6, 6.07) is 10.3. The third-order valence-corrected chi connectivity index (χ3v) is 2.96. The molecule has 0 aliphatic heterocycles. The largest absolute Gasteiger partial charge is 0.376 e. The molecule has 0 saturated carbocycles. The lowest BCUT2D eigenvalue weighted by Crippen LogP contribution is -2.40. The van der Waals surface area contributed by atoms with E-state index in [0.717, 1.165) is 19.6 Å². The highest BCUT2D eigenvalue weighted by molar-refractivity contribution is 5.13. The maximum atomic E-state index is 5.80. The van der Waals surface area contributed by atoms with E-state index in [4.69, 9.17) is 4.74 Å². The Morgan fingerprint density at radius 2 is 1.83 bits per heavy atom. The first-order valence-corrected chi connectivity index (χ1v) is 6.88. The molecule has 1 unspecified atom stereocenters. The molecule has 0 bridgehead atoms. The molecule has 0 amide bonds. The van der Waals surface area contributed by atoms with Crippen LogP contribution >= 0.6 is 0 Å². The van der Waals surface area contributed by atoms with Crippen molar-refractivity contribution in [1.29, 1.82) is 0 Å². The van der Waals surface area contributed by atoms with E-state index in [1.165, 1.54) is 5.56 Å². The van der Waals surface area contributed by atoms with E-state index < -0.39 is 0 Å². The predicted molar refractivity (Wildman–Crippen MR) is 77.6 cm³/mol. The fourth-order valence-electron chi connectivity index (χ4n) is 1.69. The SMILES string of the molecule is CCC(CNC(C)(C)C)COCc1ccccc1. The Balaban J connectivity index is 2.23. The zero-order valence-corrected chi connectivity index (χ0v) is 12.2. The molecule has 2 nitrogen and oxygen atoms in total. The lowest BCUT2D eigenvalue weighted by molar-refractivity contribution is 0.0831. The first-order chi connectivity index (χ1) is 8.51. The maximum Gasteiger partial charge on any atom is 0.0717 e. The first-order valence-electron chi connectivity index (χ1n) is 6.88. The van der Waals surface area contributed by atoms with Crippen molar-refractivity contribution in [3.8, 4) is 0 Å². The minimum Gasteiger partial charge on any atom is -0.376 e. The van der Waals surface area contributed by atoms with E-state index >= 15 is 0 Å². The summed E-state index contributed by atoms with van der Waals surface area (Å²) >= 11 is 0. The van der Waals surface area contributed by atoms with Gasteiger partial charge in [0.15, 0.2) is 0 Å². The van der Waals surface area contributed by atoms with Crippen molar-refractivity contribution >= 4 is 0 Å². The van der Waals surface area contributed by atoms with Crippen LogP contribution in [0.15, 0.2) is 30.3 Å². The van der Waals surface area contributed by atoms with Gasteiger partial charge in [-0.25, -0.2) is 0 Å². The monoisotopic (exact) mass is 249 g/mol. The summed E-state index contributed by atoms with van der Waals surface area (Å²) < 4.78 is 5.80. The lowest BCUT2D eigenvalue weighted by atomic mass is 10.0. The van der Waals surface area contributed by atoms with Gasteiger partial charge in [-0.1, -0.05) is 37.3 Å². The van der Waals surface area contributed by atoms with Gasteiger partial charge in [0.25, 0.3) is 0 Å². The van der Waals surface area contributed by atoms with Gasteiger partial charge >= 0.3 is 0 Å². The average Bonchev–Trinajstić information content (AvgIpc) is 2.33. The Bertz CT molecular complexity index is 316. The molecule has 1 atom stereocenters. The van der Waals surface area contributed by atoms with Gasteiger partial charge in [-0.2, -0.15) is 0 Å². The van der Waals surface area contributed by atoms with E-state index in [9.17, 15) is 0 Å². The van der Waals surface area contributed by atoms with Crippen LogP contribution in [0.3, 0.4) is 0 Å². The molecule has 0 spiro atoms. The van der Waals surface area contributed by atoms with E-state index in [2.05, 4.69) is 57.3 Å². The number of hydrogen-bond acceptors (Lipinski definition) is 2. The normalized spacial score (nSPS) is 13.6. The highest BCUT2D eigenvalue weighted by atomic mass is 16.5. The number of ether oxygens (including phenoxy) is 1. The minimum atomic E-state index is 0.187. The highest BCUT2D eigenvalue weighted by Gasteiger charge is 2.13.